The van der Waals surface area contributed by atoms with Crippen LogP contribution in [0.15, 0.2) is 170 Å². The molecule has 6 aromatic carbocycles. The molecule has 0 fully saturated rings. The third kappa shape index (κ3) is 13.6. The van der Waals surface area contributed by atoms with E-state index in [0.717, 1.165) is 33.3 Å². The molecule has 3 N–H and O–H groups in total. The van der Waals surface area contributed by atoms with Crippen LogP contribution in [0.1, 0.15) is 63.8 Å². The number of carbonyl (C=O) groups is 6. The van der Waals surface area contributed by atoms with Gasteiger partial charge < -0.3 is 34.6 Å². The lowest BCUT2D eigenvalue weighted by Crippen LogP contribution is -2.42. The third-order valence-corrected chi connectivity index (χ3v) is 10.1. The number of fused-ring (bicyclic) bond motifs is 1. The molecule has 0 radical (unpaired) electrons. The molecule has 2 atom stereocenters. The first-order valence-corrected chi connectivity index (χ1v) is 20.6. The molecule has 0 bridgehead atoms. The lowest BCUT2D eigenvalue weighted by Gasteiger charge is -2.18. The molecule has 2 amide bonds. The number of ketones is 2. The van der Waals surface area contributed by atoms with Crippen LogP contribution in [0.4, 0.5) is 9.59 Å². The van der Waals surface area contributed by atoms with Gasteiger partial charge in [0.2, 0.25) is 0 Å². The number of aromatic amines is 1. The lowest BCUT2D eigenvalue weighted by atomic mass is 9.97. The molecule has 1 aromatic heterocycles. The van der Waals surface area contributed by atoms with Gasteiger partial charge in [0.15, 0.2) is 11.6 Å². The number of Topliss-reactive ketones (excluding diaryl/α,β-unsaturated/α-hetero) is 2. The number of para-hydroxylation sites is 1. The number of nitrogens with one attached hydrogen (secondary N) is 3. The number of alkyl carbamates (subject to hydrolysis) is 2. The van der Waals surface area contributed by atoms with Crippen molar-refractivity contribution in [2.75, 3.05) is 14.2 Å². The van der Waals surface area contributed by atoms with E-state index in [1.54, 1.807) is 30.3 Å². The number of amides is 2. The van der Waals surface area contributed by atoms with Gasteiger partial charge in [-0.15, -0.1) is 0 Å². The van der Waals surface area contributed by atoms with Gasteiger partial charge in [-0.1, -0.05) is 133 Å². The van der Waals surface area contributed by atoms with Gasteiger partial charge >= 0.3 is 24.1 Å². The van der Waals surface area contributed by atoms with Crippen molar-refractivity contribution in [2.24, 2.45) is 0 Å². The summed E-state index contributed by atoms with van der Waals surface area (Å²) in [7, 11) is 2.57. The van der Waals surface area contributed by atoms with Crippen LogP contribution in [0.3, 0.4) is 0 Å². The highest BCUT2D eigenvalue weighted by molar-refractivity contribution is 6.04. The highest BCUT2D eigenvalue weighted by Crippen LogP contribution is 2.19. The Morgan fingerprint density at radius 3 is 1.48 bits per heavy atom. The number of aromatic nitrogens is 1. The van der Waals surface area contributed by atoms with Gasteiger partial charge in [-0.3, -0.25) is 9.59 Å². The van der Waals surface area contributed by atoms with Crippen molar-refractivity contribution >= 4 is 46.6 Å². The van der Waals surface area contributed by atoms with Crippen LogP contribution >= 0.6 is 0 Å². The van der Waals surface area contributed by atoms with E-state index >= 15 is 0 Å². The number of ether oxygens (including phenoxy) is 4. The molecule has 330 valence electrons. The van der Waals surface area contributed by atoms with Crippen molar-refractivity contribution in [3.63, 3.8) is 0 Å². The van der Waals surface area contributed by atoms with Crippen LogP contribution in [0.5, 0.6) is 0 Å². The SMILES string of the molecule is COC(=O)c1ccc(C(=O)C(Cc2ccccc2)NC(=O)OCc2ccccc2)cc1.COC(=O)c1cccc(C(=O)C(Cc2cc3ccccc3[nH]2)NC(=O)OCc2ccccc2)c1. The molecule has 65 heavy (non-hydrogen) atoms. The Morgan fingerprint density at radius 2 is 0.923 bits per heavy atom. The van der Waals surface area contributed by atoms with Crippen LogP contribution in [0.25, 0.3) is 10.9 Å². The largest absolute Gasteiger partial charge is 0.465 e. The lowest BCUT2D eigenvalue weighted by molar-refractivity contribution is 0.0591. The summed E-state index contributed by atoms with van der Waals surface area (Å²) in [6.45, 7) is 0.185. The molecule has 0 saturated carbocycles. The zero-order valence-electron chi connectivity index (χ0n) is 35.7. The van der Waals surface area contributed by atoms with E-state index in [1.165, 1.54) is 32.4 Å². The molecule has 7 rings (SSSR count). The molecule has 13 heteroatoms. The average molecular weight is 874 g/mol. The topological polar surface area (TPSA) is 179 Å². The molecule has 0 spiro atoms. The number of H-pyrrole nitrogens is 1. The van der Waals surface area contributed by atoms with Gasteiger partial charge in [0.1, 0.15) is 19.3 Å². The Morgan fingerprint density at radius 1 is 0.462 bits per heavy atom. The minimum atomic E-state index is -0.913. The molecule has 0 aliphatic rings. The Labute approximate surface area is 375 Å². The number of methoxy groups -OCH3 is 2. The number of rotatable bonds is 16. The zero-order chi connectivity index (χ0) is 46.0. The quantitative estimate of drug-likeness (QED) is 0.0483. The number of hydrogen-bond acceptors (Lipinski definition) is 10. The standard InChI is InChI=1S/C27H24N2O5.C25H23NO5/c1-33-26(31)21-12-7-11-20(14-21)25(30)24(16-22-15-19-10-5-6-13-23(19)28-22)29-27(32)34-17-18-8-3-2-4-9-18;1-30-24(28)21-14-12-20(13-15-21)23(27)22(16-18-8-4-2-5-9-18)26-25(29)31-17-19-10-6-3-7-11-19/h2-15,24,28H,16-17H2,1H3,(H,29,32);2-15,22H,16-17H2,1H3,(H,26,29). The molecule has 0 aliphatic carbocycles. The fourth-order valence-corrected chi connectivity index (χ4v) is 6.75. The normalized spacial score (nSPS) is 11.4. The van der Waals surface area contributed by atoms with Crippen LogP contribution in [0.2, 0.25) is 0 Å². The molecule has 0 saturated heterocycles. The highest BCUT2D eigenvalue weighted by Gasteiger charge is 2.26. The van der Waals surface area contributed by atoms with E-state index in [9.17, 15) is 28.8 Å². The Kier molecular flexibility index (Phi) is 16.5. The number of hydrogen-bond donors (Lipinski definition) is 3. The van der Waals surface area contributed by atoms with Gasteiger partial charge in [0, 0.05) is 35.2 Å². The Hall–Kier alpha value is -8.32. The molecule has 0 aliphatic heterocycles. The summed E-state index contributed by atoms with van der Waals surface area (Å²) in [6, 6.07) is 48.3. The van der Waals surface area contributed by atoms with E-state index in [0.29, 0.717) is 17.5 Å². The summed E-state index contributed by atoms with van der Waals surface area (Å²) < 4.78 is 20.1. The molecule has 2 unspecified atom stereocenters. The van der Waals surface area contributed by atoms with Gasteiger partial charge in [0.05, 0.1) is 31.4 Å². The average Bonchev–Trinajstić information content (AvgIpc) is 3.77. The molecule has 1 heterocycles. The summed E-state index contributed by atoms with van der Waals surface area (Å²) in [5, 5.41) is 6.38. The van der Waals surface area contributed by atoms with E-state index in [4.69, 9.17) is 14.2 Å². The minimum absolute atomic E-state index is 0.0811. The van der Waals surface area contributed by atoms with Crippen LogP contribution in [-0.4, -0.2) is 67.0 Å². The van der Waals surface area contributed by atoms with Gasteiger partial charge in [-0.25, -0.2) is 19.2 Å². The number of carbonyl (C=O) groups excluding carboxylic acids is 6. The summed E-state index contributed by atoms with van der Waals surface area (Å²) >= 11 is 0. The van der Waals surface area contributed by atoms with Crippen molar-refractivity contribution in [3.8, 4) is 0 Å². The first-order valence-electron chi connectivity index (χ1n) is 20.6. The maximum absolute atomic E-state index is 13.4. The number of benzene rings is 6. The van der Waals surface area contributed by atoms with Crippen LogP contribution < -0.4 is 10.6 Å². The second-order valence-electron chi connectivity index (χ2n) is 14.7. The highest BCUT2D eigenvalue weighted by atomic mass is 16.6. The fourth-order valence-electron chi connectivity index (χ4n) is 6.75. The van der Waals surface area contributed by atoms with Crippen molar-refractivity contribution in [3.05, 3.63) is 214 Å². The van der Waals surface area contributed by atoms with Crippen LogP contribution in [0, 0.1) is 0 Å². The predicted molar refractivity (Wildman–Crippen MR) is 243 cm³/mol. The van der Waals surface area contributed by atoms with Crippen molar-refractivity contribution in [1.29, 1.82) is 0 Å². The van der Waals surface area contributed by atoms with E-state index in [1.807, 2.05) is 121 Å². The van der Waals surface area contributed by atoms with Crippen molar-refractivity contribution in [2.45, 2.75) is 38.1 Å². The number of esters is 2. The molecular formula is C52H47N3O10. The fraction of sp³-hybridized carbons (Fsp3) is 0.154. The molecule has 7 aromatic rings. The van der Waals surface area contributed by atoms with Gasteiger partial charge in [-0.05, 0) is 58.5 Å². The summed E-state index contributed by atoms with van der Waals surface area (Å²) in [6.07, 6.45) is -0.860. The first-order chi connectivity index (χ1) is 31.6. The maximum atomic E-state index is 13.4. The Bertz CT molecular complexity index is 2670. The van der Waals surface area contributed by atoms with Crippen LogP contribution in [-0.2, 0) is 45.0 Å². The zero-order valence-corrected chi connectivity index (χ0v) is 35.7. The van der Waals surface area contributed by atoms with Crippen molar-refractivity contribution < 1.29 is 47.7 Å². The molecular weight excluding hydrogens is 827 g/mol. The Balaban J connectivity index is 0.000000216. The summed E-state index contributed by atoms with van der Waals surface area (Å²) in [5.74, 6) is -1.66. The smallest absolute Gasteiger partial charge is 0.408 e. The maximum Gasteiger partial charge on any atom is 0.408 e. The second kappa shape index (κ2) is 23.2. The van der Waals surface area contributed by atoms with Crippen molar-refractivity contribution in [1.82, 2.24) is 15.6 Å². The predicted octanol–water partition coefficient (Wildman–Crippen LogP) is 8.87. The minimum Gasteiger partial charge on any atom is -0.465 e. The van der Waals surface area contributed by atoms with E-state index in [-0.39, 0.29) is 42.3 Å². The van der Waals surface area contributed by atoms with E-state index in [2.05, 4.69) is 20.4 Å². The van der Waals surface area contributed by atoms with Gasteiger partial charge in [-0.2, -0.15) is 0 Å². The first kappa shape index (κ1) is 46.2. The van der Waals surface area contributed by atoms with Gasteiger partial charge in [0.25, 0.3) is 0 Å². The monoisotopic (exact) mass is 873 g/mol. The third-order valence-electron chi connectivity index (χ3n) is 10.1. The molecule has 13 nitrogen and oxygen atoms in total. The summed E-state index contributed by atoms with van der Waals surface area (Å²) in [4.78, 5) is 78.3. The van der Waals surface area contributed by atoms with E-state index < -0.39 is 36.2 Å². The second-order valence-corrected chi connectivity index (χ2v) is 14.7. The summed E-state index contributed by atoms with van der Waals surface area (Å²) in [5.41, 5.74) is 5.55.